The number of fused-ring (bicyclic) bond motifs is 1. The van der Waals surface area contributed by atoms with E-state index in [9.17, 15) is 0 Å². The van der Waals surface area contributed by atoms with Crippen LogP contribution in [-0.4, -0.2) is 23.6 Å². The second kappa shape index (κ2) is 6.15. The average molecular weight is 273 g/mol. The van der Waals surface area contributed by atoms with E-state index in [1.165, 1.54) is 48.9 Å². The molecule has 1 saturated heterocycles. The molecule has 0 amide bonds. The van der Waals surface area contributed by atoms with E-state index in [2.05, 4.69) is 47.8 Å². The molecule has 3 rings (SSSR count). The van der Waals surface area contributed by atoms with Gasteiger partial charge < -0.3 is 5.32 Å². The summed E-state index contributed by atoms with van der Waals surface area (Å²) in [7, 11) is 0. The summed E-state index contributed by atoms with van der Waals surface area (Å²) in [6.45, 7) is 6.72. The van der Waals surface area contributed by atoms with Crippen molar-refractivity contribution in [2.24, 2.45) is 0 Å². The van der Waals surface area contributed by atoms with Gasteiger partial charge in [0, 0.05) is 30.9 Å². The Bertz CT molecular complexity index is 448. The van der Waals surface area contributed by atoms with Crippen LogP contribution in [0.1, 0.15) is 50.7 Å². The van der Waals surface area contributed by atoms with Crippen molar-refractivity contribution in [3.63, 3.8) is 0 Å². The Labute approximate surface area is 122 Å². The Morgan fingerprint density at radius 1 is 1.20 bits per heavy atom. The SMILES string of the molecule is CC1CCCC(C)N1NCc1cccc2c1NCCC2. The third kappa shape index (κ3) is 2.84. The molecule has 2 aliphatic heterocycles. The second-order valence-electron chi connectivity index (χ2n) is 6.35. The molecule has 2 unspecified atom stereocenters. The van der Waals surface area contributed by atoms with Crippen molar-refractivity contribution < 1.29 is 0 Å². The van der Waals surface area contributed by atoms with Crippen molar-refractivity contribution in [1.82, 2.24) is 10.4 Å². The van der Waals surface area contributed by atoms with Crippen LogP contribution in [0, 0.1) is 0 Å². The van der Waals surface area contributed by atoms with E-state index in [-0.39, 0.29) is 0 Å². The van der Waals surface area contributed by atoms with Crippen molar-refractivity contribution in [3.05, 3.63) is 29.3 Å². The summed E-state index contributed by atoms with van der Waals surface area (Å²) in [6, 6.07) is 8.00. The lowest BCUT2D eigenvalue weighted by atomic mass is 9.98. The van der Waals surface area contributed by atoms with Crippen molar-refractivity contribution in [3.8, 4) is 0 Å². The first-order chi connectivity index (χ1) is 9.75. The number of hydrogen-bond acceptors (Lipinski definition) is 3. The topological polar surface area (TPSA) is 27.3 Å². The van der Waals surface area contributed by atoms with E-state index < -0.39 is 0 Å². The Kier molecular flexibility index (Phi) is 4.27. The summed E-state index contributed by atoms with van der Waals surface area (Å²) < 4.78 is 0. The molecular weight excluding hydrogens is 246 g/mol. The van der Waals surface area contributed by atoms with Gasteiger partial charge in [0.05, 0.1) is 0 Å². The molecule has 0 saturated carbocycles. The normalized spacial score (nSPS) is 26.9. The van der Waals surface area contributed by atoms with Gasteiger partial charge in [-0.3, -0.25) is 5.43 Å². The lowest BCUT2D eigenvalue weighted by molar-refractivity contribution is 0.0436. The molecule has 0 aliphatic carbocycles. The Morgan fingerprint density at radius 2 is 2.00 bits per heavy atom. The van der Waals surface area contributed by atoms with Crippen molar-refractivity contribution in [1.29, 1.82) is 0 Å². The first kappa shape index (κ1) is 13.9. The fourth-order valence-corrected chi connectivity index (χ4v) is 3.64. The largest absolute Gasteiger partial charge is 0.385 e. The molecule has 2 aliphatic rings. The Balaban J connectivity index is 1.69. The van der Waals surface area contributed by atoms with Crippen LogP contribution in [0.15, 0.2) is 18.2 Å². The third-order valence-electron chi connectivity index (χ3n) is 4.81. The van der Waals surface area contributed by atoms with E-state index in [0.29, 0.717) is 12.1 Å². The van der Waals surface area contributed by atoms with E-state index in [4.69, 9.17) is 0 Å². The van der Waals surface area contributed by atoms with Crippen molar-refractivity contribution in [2.45, 2.75) is 64.6 Å². The highest BCUT2D eigenvalue weighted by Crippen LogP contribution is 2.27. The van der Waals surface area contributed by atoms with Gasteiger partial charge in [0.15, 0.2) is 0 Å². The van der Waals surface area contributed by atoms with Gasteiger partial charge in [-0.25, -0.2) is 5.01 Å². The van der Waals surface area contributed by atoms with Gasteiger partial charge in [0.2, 0.25) is 0 Å². The molecule has 2 N–H and O–H groups in total. The minimum absolute atomic E-state index is 0.645. The summed E-state index contributed by atoms with van der Waals surface area (Å²) in [5, 5.41) is 6.05. The quantitative estimate of drug-likeness (QED) is 0.884. The average Bonchev–Trinajstić information content (AvgIpc) is 2.47. The maximum absolute atomic E-state index is 3.68. The van der Waals surface area contributed by atoms with Gasteiger partial charge in [0.1, 0.15) is 0 Å². The molecule has 2 atom stereocenters. The number of nitrogens with zero attached hydrogens (tertiary/aromatic N) is 1. The van der Waals surface area contributed by atoms with E-state index >= 15 is 0 Å². The maximum Gasteiger partial charge on any atom is 0.0418 e. The fourth-order valence-electron chi connectivity index (χ4n) is 3.64. The number of nitrogens with one attached hydrogen (secondary N) is 2. The lowest BCUT2D eigenvalue weighted by Gasteiger charge is -2.39. The highest BCUT2D eigenvalue weighted by Gasteiger charge is 2.24. The van der Waals surface area contributed by atoms with Crippen LogP contribution in [0.2, 0.25) is 0 Å². The van der Waals surface area contributed by atoms with Crippen LogP contribution in [0.5, 0.6) is 0 Å². The standard InChI is InChI=1S/C17H27N3/c1-13-6-3-7-14(2)20(13)19-12-16-9-4-8-15-10-5-11-18-17(15)16/h4,8-9,13-14,18-19H,3,5-7,10-12H2,1-2H3. The molecule has 3 nitrogen and oxygen atoms in total. The molecule has 1 aromatic carbocycles. The molecule has 0 spiro atoms. The van der Waals surface area contributed by atoms with Crippen LogP contribution in [-0.2, 0) is 13.0 Å². The number of anilines is 1. The molecule has 3 heteroatoms. The molecule has 0 aromatic heterocycles. The summed E-state index contributed by atoms with van der Waals surface area (Å²) in [6.07, 6.45) is 6.45. The maximum atomic E-state index is 3.68. The van der Waals surface area contributed by atoms with Gasteiger partial charge in [-0.1, -0.05) is 24.6 Å². The van der Waals surface area contributed by atoms with Crippen LogP contribution in [0.25, 0.3) is 0 Å². The van der Waals surface area contributed by atoms with Gasteiger partial charge in [-0.2, -0.15) is 0 Å². The number of piperidine rings is 1. The number of aryl methyl sites for hydroxylation is 1. The molecule has 20 heavy (non-hydrogen) atoms. The molecule has 110 valence electrons. The summed E-state index contributed by atoms with van der Waals surface area (Å²) in [4.78, 5) is 0. The molecule has 2 heterocycles. The summed E-state index contributed by atoms with van der Waals surface area (Å²) in [5.74, 6) is 0. The van der Waals surface area contributed by atoms with Gasteiger partial charge in [0.25, 0.3) is 0 Å². The Hall–Kier alpha value is -1.06. The van der Waals surface area contributed by atoms with E-state index in [0.717, 1.165) is 13.1 Å². The highest BCUT2D eigenvalue weighted by atomic mass is 15.5. The van der Waals surface area contributed by atoms with Crippen LogP contribution >= 0.6 is 0 Å². The van der Waals surface area contributed by atoms with Gasteiger partial charge >= 0.3 is 0 Å². The van der Waals surface area contributed by atoms with E-state index in [1.807, 2.05) is 0 Å². The zero-order valence-electron chi connectivity index (χ0n) is 12.8. The second-order valence-corrected chi connectivity index (χ2v) is 6.35. The van der Waals surface area contributed by atoms with E-state index in [1.54, 1.807) is 0 Å². The predicted molar refractivity (Wildman–Crippen MR) is 84.7 cm³/mol. The molecule has 1 fully saturated rings. The van der Waals surface area contributed by atoms with Gasteiger partial charge in [-0.15, -0.1) is 0 Å². The first-order valence-corrected chi connectivity index (χ1v) is 8.12. The lowest BCUT2D eigenvalue weighted by Crippen LogP contribution is -2.51. The number of hydrazine groups is 1. The summed E-state index contributed by atoms with van der Waals surface area (Å²) >= 11 is 0. The molecule has 1 aromatic rings. The predicted octanol–water partition coefficient (Wildman–Crippen LogP) is 3.31. The summed E-state index contributed by atoms with van der Waals surface area (Å²) in [5.41, 5.74) is 7.95. The van der Waals surface area contributed by atoms with Crippen LogP contribution in [0.4, 0.5) is 5.69 Å². The van der Waals surface area contributed by atoms with Crippen LogP contribution < -0.4 is 10.7 Å². The molecule has 0 bridgehead atoms. The van der Waals surface area contributed by atoms with Crippen molar-refractivity contribution >= 4 is 5.69 Å². The fraction of sp³-hybridized carbons (Fsp3) is 0.647. The smallest absolute Gasteiger partial charge is 0.0418 e. The number of benzene rings is 1. The number of rotatable bonds is 3. The highest BCUT2D eigenvalue weighted by molar-refractivity contribution is 5.59. The molecule has 0 radical (unpaired) electrons. The van der Waals surface area contributed by atoms with Crippen LogP contribution in [0.3, 0.4) is 0 Å². The van der Waals surface area contributed by atoms with Crippen molar-refractivity contribution in [2.75, 3.05) is 11.9 Å². The minimum atomic E-state index is 0.645. The van der Waals surface area contributed by atoms with Gasteiger partial charge in [-0.05, 0) is 50.7 Å². The minimum Gasteiger partial charge on any atom is -0.385 e. The monoisotopic (exact) mass is 273 g/mol. The Morgan fingerprint density at radius 3 is 2.80 bits per heavy atom. The number of hydrogen-bond donors (Lipinski definition) is 2. The zero-order valence-corrected chi connectivity index (χ0v) is 12.8. The third-order valence-corrected chi connectivity index (χ3v) is 4.81. The number of para-hydroxylation sites is 1. The zero-order chi connectivity index (χ0) is 13.9. The molecular formula is C17H27N3. The first-order valence-electron chi connectivity index (χ1n) is 8.12.